The Morgan fingerprint density at radius 3 is 2.71 bits per heavy atom. The number of nitriles is 1. The summed E-state index contributed by atoms with van der Waals surface area (Å²) in [4.78, 5) is 14.4. The number of carbonyl (C=O) groups is 1. The molecule has 0 aliphatic carbocycles. The number of hydrogen-bond donors (Lipinski definition) is 1. The molecular formula is C22H25N3O2S. The van der Waals surface area contributed by atoms with Gasteiger partial charge >= 0.3 is 0 Å². The van der Waals surface area contributed by atoms with Crippen LogP contribution in [0.2, 0.25) is 0 Å². The molecule has 0 saturated heterocycles. The molecule has 0 unspecified atom stereocenters. The van der Waals surface area contributed by atoms with Gasteiger partial charge in [0.1, 0.15) is 5.75 Å². The van der Waals surface area contributed by atoms with Crippen molar-refractivity contribution in [3.8, 4) is 11.8 Å². The van der Waals surface area contributed by atoms with Crippen molar-refractivity contribution < 1.29 is 9.53 Å². The Kier molecular flexibility index (Phi) is 8.96. The predicted molar refractivity (Wildman–Crippen MR) is 114 cm³/mol. The number of benzene rings is 2. The fraction of sp³-hybridized carbons (Fsp3) is 0.318. The molecule has 1 amide bonds. The molecule has 5 nitrogen and oxygen atoms in total. The second-order valence-corrected chi connectivity index (χ2v) is 6.69. The Hall–Kier alpha value is -2.91. The van der Waals surface area contributed by atoms with Crippen molar-refractivity contribution in [2.45, 2.75) is 32.7 Å². The highest BCUT2D eigenvalue weighted by Gasteiger charge is 2.15. The van der Waals surface area contributed by atoms with Crippen LogP contribution in [0.25, 0.3) is 0 Å². The van der Waals surface area contributed by atoms with E-state index in [4.69, 9.17) is 22.2 Å². The number of carbonyl (C=O) groups excluding carboxylic acids is 1. The largest absolute Gasteiger partial charge is 0.494 e. The Bertz CT molecular complexity index is 818. The molecule has 2 aromatic carbocycles. The molecule has 0 heterocycles. The van der Waals surface area contributed by atoms with Crippen molar-refractivity contribution in [2.24, 2.45) is 0 Å². The number of nitrogens with zero attached hydrogens (tertiary/aromatic N) is 2. The first-order chi connectivity index (χ1) is 13.6. The van der Waals surface area contributed by atoms with Crippen molar-refractivity contribution in [3.05, 3.63) is 65.7 Å². The molecule has 0 aromatic heterocycles. The number of amides is 1. The van der Waals surface area contributed by atoms with E-state index in [0.29, 0.717) is 42.5 Å². The van der Waals surface area contributed by atoms with Gasteiger partial charge in [-0.25, -0.2) is 0 Å². The molecule has 1 N–H and O–H groups in total. The van der Waals surface area contributed by atoms with Crippen molar-refractivity contribution in [3.63, 3.8) is 0 Å². The first kappa shape index (κ1) is 21.4. The SMILES string of the molecule is CCCCOc1cccc(C(=O)NC(=S)N(CCC#N)Cc2ccccc2)c1. The van der Waals surface area contributed by atoms with Crippen LogP contribution in [0, 0.1) is 11.3 Å². The van der Waals surface area contributed by atoms with Gasteiger partial charge in [-0.15, -0.1) is 0 Å². The topological polar surface area (TPSA) is 65.4 Å². The number of thiocarbonyl (C=S) groups is 1. The van der Waals surface area contributed by atoms with Crippen molar-refractivity contribution in [1.29, 1.82) is 5.26 Å². The van der Waals surface area contributed by atoms with Crippen LogP contribution in [-0.4, -0.2) is 29.1 Å². The van der Waals surface area contributed by atoms with Gasteiger partial charge < -0.3 is 9.64 Å². The summed E-state index contributed by atoms with van der Waals surface area (Å²) in [6.45, 7) is 3.70. The van der Waals surface area contributed by atoms with Crippen LogP contribution in [0.1, 0.15) is 42.1 Å². The molecule has 0 aliphatic heterocycles. The van der Waals surface area contributed by atoms with Gasteiger partial charge in [0.2, 0.25) is 0 Å². The zero-order valence-electron chi connectivity index (χ0n) is 16.1. The Morgan fingerprint density at radius 2 is 2.00 bits per heavy atom. The molecule has 2 aromatic rings. The number of hydrogen-bond acceptors (Lipinski definition) is 4. The Morgan fingerprint density at radius 1 is 1.21 bits per heavy atom. The second kappa shape index (κ2) is 11.7. The third kappa shape index (κ3) is 7.01. The molecule has 0 atom stereocenters. The number of ether oxygens (including phenoxy) is 1. The predicted octanol–water partition coefficient (Wildman–Crippen LogP) is 4.30. The molecule has 2 rings (SSSR count). The summed E-state index contributed by atoms with van der Waals surface area (Å²) >= 11 is 5.44. The smallest absolute Gasteiger partial charge is 0.257 e. The maximum absolute atomic E-state index is 12.6. The van der Waals surface area contributed by atoms with Gasteiger partial charge in [-0.05, 0) is 42.4 Å². The Labute approximate surface area is 171 Å². The van der Waals surface area contributed by atoms with Crippen molar-refractivity contribution in [1.82, 2.24) is 10.2 Å². The standard InChI is InChI=1S/C22H25N3O2S/c1-2-3-15-27-20-12-7-11-19(16-20)21(26)24-22(28)25(14-8-13-23)17-18-9-5-4-6-10-18/h4-7,9-12,16H,2-3,8,14-15,17H2,1H3,(H,24,26,28). The van der Waals surface area contributed by atoms with E-state index in [1.807, 2.05) is 41.3 Å². The van der Waals surface area contributed by atoms with Gasteiger partial charge in [-0.3, -0.25) is 10.1 Å². The van der Waals surface area contributed by atoms with Crippen LogP contribution >= 0.6 is 12.2 Å². The third-order valence-electron chi connectivity index (χ3n) is 4.08. The summed E-state index contributed by atoms with van der Waals surface area (Å²) in [5.41, 5.74) is 1.54. The van der Waals surface area contributed by atoms with E-state index in [-0.39, 0.29) is 5.91 Å². The average Bonchev–Trinajstić information content (AvgIpc) is 2.72. The van der Waals surface area contributed by atoms with E-state index in [1.54, 1.807) is 18.2 Å². The summed E-state index contributed by atoms with van der Waals surface area (Å²) in [6.07, 6.45) is 2.34. The normalized spacial score (nSPS) is 10.0. The molecule has 0 fully saturated rings. The lowest BCUT2D eigenvalue weighted by Crippen LogP contribution is -2.42. The van der Waals surface area contributed by atoms with E-state index < -0.39 is 0 Å². The Balaban J connectivity index is 2.02. The molecule has 0 spiro atoms. The summed E-state index contributed by atoms with van der Waals surface area (Å²) < 4.78 is 5.66. The highest BCUT2D eigenvalue weighted by atomic mass is 32.1. The summed E-state index contributed by atoms with van der Waals surface area (Å²) in [5.74, 6) is 0.374. The monoisotopic (exact) mass is 395 g/mol. The van der Waals surface area contributed by atoms with E-state index in [1.165, 1.54) is 0 Å². The number of unbranched alkanes of at least 4 members (excludes halogenated alkanes) is 1. The van der Waals surface area contributed by atoms with Crippen molar-refractivity contribution >= 4 is 23.2 Å². The molecule has 0 radical (unpaired) electrons. The number of nitrogens with one attached hydrogen (secondary N) is 1. The van der Waals surface area contributed by atoms with Gasteiger partial charge in [0.05, 0.1) is 19.1 Å². The highest BCUT2D eigenvalue weighted by Crippen LogP contribution is 2.14. The molecule has 28 heavy (non-hydrogen) atoms. The average molecular weight is 396 g/mol. The van der Waals surface area contributed by atoms with Gasteiger partial charge in [0, 0.05) is 18.7 Å². The fourth-order valence-corrected chi connectivity index (χ4v) is 2.80. The lowest BCUT2D eigenvalue weighted by molar-refractivity contribution is 0.0972. The third-order valence-corrected chi connectivity index (χ3v) is 4.44. The zero-order chi connectivity index (χ0) is 20.2. The van der Waals surface area contributed by atoms with E-state index in [9.17, 15) is 4.79 Å². The summed E-state index contributed by atoms with van der Waals surface area (Å²) in [5, 5.41) is 12.0. The molecule has 6 heteroatoms. The second-order valence-electron chi connectivity index (χ2n) is 6.30. The summed E-state index contributed by atoms with van der Waals surface area (Å²) in [7, 11) is 0. The molecule has 0 bridgehead atoms. The van der Waals surface area contributed by atoms with Crippen LogP contribution in [0.5, 0.6) is 5.75 Å². The van der Waals surface area contributed by atoms with Crippen LogP contribution < -0.4 is 10.1 Å². The van der Waals surface area contributed by atoms with Gasteiger partial charge in [-0.2, -0.15) is 5.26 Å². The first-order valence-corrected chi connectivity index (χ1v) is 9.79. The number of rotatable bonds is 9. The maximum atomic E-state index is 12.6. The molecule has 0 saturated carbocycles. The van der Waals surface area contributed by atoms with Gasteiger partial charge in [0.15, 0.2) is 5.11 Å². The molecule has 0 aliphatic rings. The van der Waals surface area contributed by atoms with Crippen LogP contribution in [0.3, 0.4) is 0 Å². The minimum atomic E-state index is -0.291. The molecular weight excluding hydrogens is 370 g/mol. The minimum absolute atomic E-state index is 0.291. The highest BCUT2D eigenvalue weighted by molar-refractivity contribution is 7.80. The van der Waals surface area contributed by atoms with E-state index >= 15 is 0 Å². The van der Waals surface area contributed by atoms with E-state index in [0.717, 1.165) is 18.4 Å². The lowest BCUT2D eigenvalue weighted by Gasteiger charge is -2.24. The first-order valence-electron chi connectivity index (χ1n) is 9.38. The molecule has 146 valence electrons. The maximum Gasteiger partial charge on any atom is 0.257 e. The fourth-order valence-electron chi connectivity index (χ4n) is 2.55. The quantitative estimate of drug-likeness (QED) is 0.507. The summed E-state index contributed by atoms with van der Waals surface area (Å²) in [6, 6.07) is 19.0. The van der Waals surface area contributed by atoms with Crippen LogP contribution in [0.4, 0.5) is 0 Å². The lowest BCUT2D eigenvalue weighted by atomic mass is 10.2. The van der Waals surface area contributed by atoms with Gasteiger partial charge in [-0.1, -0.05) is 49.7 Å². The minimum Gasteiger partial charge on any atom is -0.494 e. The zero-order valence-corrected chi connectivity index (χ0v) is 16.9. The van der Waals surface area contributed by atoms with Gasteiger partial charge in [0.25, 0.3) is 5.91 Å². The van der Waals surface area contributed by atoms with Crippen LogP contribution in [-0.2, 0) is 6.54 Å². The van der Waals surface area contributed by atoms with E-state index in [2.05, 4.69) is 18.3 Å². The van der Waals surface area contributed by atoms with Crippen LogP contribution in [0.15, 0.2) is 54.6 Å². The van der Waals surface area contributed by atoms with Crippen molar-refractivity contribution in [2.75, 3.05) is 13.2 Å².